The summed E-state index contributed by atoms with van der Waals surface area (Å²) in [7, 11) is 0. The van der Waals surface area contributed by atoms with Crippen LogP contribution in [0.15, 0.2) is 54.6 Å². The predicted octanol–water partition coefficient (Wildman–Crippen LogP) is 4.20. The van der Waals surface area contributed by atoms with Crippen molar-refractivity contribution in [1.29, 1.82) is 0 Å². The van der Waals surface area contributed by atoms with Gasteiger partial charge in [-0.2, -0.15) is 0 Å². The number of ether oxygens (including phenoxy) is 1. The van der Waals surface area contributed by atoms with Crippen molar-refractivity contribution in [1.82, 2.24) is 0 Å². The zero-order valence-corrected chi connectivity index (χ0v) is 11.5. The smallest absolute Gasteiger partial charge is 0.343 e. The minimum Gasteiger partial charge on any atom is -0.423 e. The van der Waals surface area contributed by atoms with E-state index in [2.05, 4.69) is 20.8 Å². The Labute approximate surface area is 114 Å². The number of hydrogen-bond donors (Lipinski definition) is 0. The molecule has 2 rings (SSSR count). The van der Waals surface area contributed by atoms with Gasteiger partial charge in [0.2, 0.25) is 0 Å². The Hall–Kier alpha value is -2.09. The maximum atomic E-state index is 12.1. The van der Waals surface area contributed by atoms with Crippen LogP contribution in [0.3, 0.4) is 0 Å². The standard InChI is InChI=1S/C17H18O2/c1-17(2,3)14-9-7-8-13(12-14)16(18)19-15-10-5-4-6-11-15/h4-12H,1-3H3. The van der Waals surface area contributed by atoms with Gasteiger partial charge < -0.3 is 4.74 Å². The van der Waals surface area contributed by atoms with Gasteiger partial charge in [0.15, 0.2) is 0 Å². The summed E-state index contributed by atoms with van der Waals surface area (Å²) < 4.78 is 5.33. The lowest BCUT2D eigenvalue weighted by atomic mass is 9.86. The van der Waals surface area contributed by atoms with Crippen molar-refractivity contribution in [3.05, 3.63) is 65.7 Å². The third-order valence-corrected chi connectivity index (χ3v) is 2.92. The van der Waals surface area contributed by atoms with Crippen molar-refractivity contribution in [2.75, 3.05) is 0 Å². The molecule has 0 aromatic heterocycles. The second-order valence-electron chi connectivity index (χ2n) is 5.53. The van der Waals surface area contributed by atoms with Crippen LogP contribution in [0.5, 0.6) is 5.75 Å². The summed E-state index contributed by atoms with van der Waals surface area (Å²) in [4.78, 5) is 12.1. The van der Waals surface area contributed by atoms with E-state index in [0.29, 0.717) is 11.3 Å². The largest absolute Gasteiger partial charge is 0.423 e. The molecule has 2 aromatic rings. The van der Waals surface area contributed by atoms with Crippen LogP contribution in [-0.4, -0.2) is 5.97 Å². The molecule has 0 amide bonds. The summed E-state index contributed by atoms with van der Waals surface area (Å²) in [5.74, 6) is 0.242. The van der Waals surface area contributed by atoms with Crippen LogP contribution in [0, 0.1) is 0 Å². The Morgan fingerprint density at radius 1 is 0.947 bits per heavy atom. The molecule has 0 aliphatic carbocycles. The first-order chi connectivity index (χ1) is 8.97. The zero-order chi connectivity index (χ0) is 13.9. The predicted molar refractivity (Wildman–Crippen MR) is 76.5 cm³/mol. The highest BCUT2D eigenvalue weighted by atomic mass is 16.5. The Balaban J connectivity index is 2.20. The lowest BCUT2D eigenvalue weighted by Crippen LogP contribution is -2.14. The van der Waals surface area contributed by atoms with Crippen molar-refractivity contribution in [2.45, 2.75) is 26.2 Å². The Kier molecular flexibility index (Phi) is 3.70. The maximum Gasteiger partial charge on any atom is 0.343 e. The summed E-state index contributed by atoms with van der Waals surface area (Å²) in [6.45, 7) is 6.36. The second kappa shape index (κ2) is 5.27. The summed E-state index contributed by atoms with van der Waals surface area (Å²) in [5, 5.41) is 0. The molecule has 0 aliphatic rings. The highest BCUT2D eigenvalue weighted by Gasteiger charge is 2.16. The maximum absolute atomic E-state index is 12.1. The molecule has 2 nitrogen and oxygen atoms in total. The fourth-order valence-electron chi connectivity index (χ4n) is 1.77. The fourth-order valence-corrected chi connectivity index (χ4v) is 1.77. The van der Waals surface area contributed by atoms with Crippen molar-refractivity contribution in [3.8, 4) is 5.75 Å². The quantitative estimate of drug-likeness (QED) is 0.593. The van der Waals surface area contributed by atoms with Crippen LogP contribution < -0.4 is 4.74 Å². The topological polar surface area (TPSA) is 26.3 Å². The molecular weight excluding hydrogens is 236 g/mol. The lowest BCUT2D eigenvalue weighted by Gasteiger charge is -2.19. The van der Waals surface area contributed by atoms with Crippen LogP contribution in [-0.2, 0) is 5.41 Å². The van der Waals surface area contributed by atoms with Crippen molar-refractivity contribution in [2.24, 2.45) is 0 Å². The molecule has 2 heteroatoms. The fraction of sp³-hybridized carbons (Fsp3) is 0.235. The van der Waals surface area contributed by atoms with E-state index in [0.717, 1.165) is 5.56 Å². The van der Waals surface area contributed by atoms with E-state index in [9.17, 15) is 4.79 Å². The lowest BCUT2D eigenvalue weighted by molar-refractivity contribution is 0.0734. The number of carbonyl (C=O) groups excluding carboxylic acids is 1. The van der Waals surface area contributed by atoms with Crippen LogP contribution >= 0.6 is 0 Å². The highest BCUT2D eigenvalue weighted by Crippen LogP contribution is 2.23. The number of rotatable bonds is 2. The number of esters is 1. The minimum absolute atomic E-state index is 0.0169. The molecular formula is C17H18O2. The van der Waals surface area contributed by atoms with Gasteiger partial charge in [0.25, 0.3) is 0 Å². The van der Waals surface area contributed by atoms with Gasteiger partial charge in [-0.25, -0.2) is 4.79 Å². The first-order valence-corrected chi connectivity index (χ1v) is 6.34. The molecule has 2 aromatic carbocycles. The molecule has 0 spiro atoms. The van der Waals surface area contributed by atoms with Crippen LogP contribution in [0.2, 0.25) is 0 Å². The normalized spacial score (nSPS) is 11.1. The molecule has 0 saturated carbocycles. The third kappa shape index (κ3) is 3.44. The van der Waals surface area contributed by atoms with Crippen LogP contribution in [0.4, 0.5) is 0 Å². The van der Waals surface area contributed by atoms with Gasteiger partial charge in [0, 0.05) is 0 Å². The van der Waals surface area contributed by atoms with E-state index in [1.165, 1.54) is 0 Å². The van der Waals surface area contributed by atoms with Gasteiger partial charge in [-0.15, -0.1) is 0 Å². The minimum atomic E-state index is -0.322. The van der Waals surface area contributed by atoms with Crippen molar-refractivity contribution < 1.29 is 9.53 Å². The van der Waals surface area contributed by atoms with E-state index in [1.54, 1.807) is 18.2 Å². The van der Waals surface area contributed by atoms with Gasteiger partial charge in [0.05, 0.1) is 5.56 Å². The molecule has 19 heavy (non-hydrogen) atoms. The average Bonchev–Trinajstić information content (AvgIpc) is 2.39. The van der Waals surface area contributed by atoms with Gasteiger partial charge in [-0.1, -0.05) is 51.1 Å². The highest BCUT2D eigenvalue weighted by molar-refractivity contribution is 5.91. The van der Waals surface area contributed by atoms with Crippen molar-refractivity contribution in [3.63, 3.8) is 0 Å². The number of carbonyl (C=O) groups is 1. The first kappa shape index (κ1) is 13.3. The van der Waals surface area contributed by atoms with Crippen molar-refractivity contribution >= 4 is 5.97 Å². The number of benzene rings is 2. The average molecular weight is 254 g/mol. The molecule has 0 radical (unpaired) electrons. The molecule has 0 bridgehead atoms. The Morgan fingerprint density at radius 2 is 1.63 bits per heavy atom. The molecule has 98 valence electrons. The first-order valence-electron chi connectivity index (χ1n) is 6.34. The van der Waals surface area contributed by atoms with E-state index < -0.39 is 0 Å². The zero-order valence-electron chi connectivity index (χ0n) is 11.5. The second-order valence-corrected chi connectivity index (χ2v) is 5.53. The SMILES string of the molecule is CC(C)(C)c1cccc(C(=O)Oc2ccccc2)c1. The molecule has 0 N–H and O–H groups in total. The number of para-hydroxylation sites is 1. The molecule has 0 saturated heterocycles. The summed E-state index contributed by atoms with van der Waals surface area (Å²) in [5.41, 5.74) is 1.72. The molecule has 0 atom stereocenters. The Morgan fingerprint density at radius 3 is 2.26 bits per heavy atom. The van der Waals surface area contributed by atoms with Gasteiger partial charge in [0.1, 0.15) is 5.75 Å². The van der Waals surface area contributed by atoms with Gasteiger partial charge in [-0.3, -0.25) is 0 Å². The third-order valence-electron chi connectivity index (χ3n) is 2.92. The molecule has 0 aliphatic heterocycles. The van der Waals surface area contributed by atoms with E-state index in [-0.39, 0.29) is 11.4 Å². The molecule has 0 fully saturated rings. The molecule has 0 unspecified atom stereocenters. The molecule has 0 heterocycles. The van der Waals surface area contributed by atoms with Crippen LogP contribution in [0.1, 0.15) is 36.7 Å². The van der Waals surface area contributed by atoms with E-state index >= 15 is 0 Å². The van der Waals surface area contributed by atoms with E-state index in [4.69, 9.17) is 4.74 Å². The van der Waals surface area contributed by atoms with Gasteiger partial charge in [-0.05, 0) is 35.2 Å². The summed E-state index contributed by atoms with van der Waals surface area (Å²) in [6, 6.07) is 16.7. The Bertz CT molecular complexity index is 565. The van der Waals surface area contributed by atoms with Crippen LogP contribution in [0.25, 0.3) is 0 Å². The summed E-state index contributed by atoms with van der Waals surface area (Å²) >= 11 is 0. The van der Waals surface area contributed by atoms with E-state index in [1.807, 2.05) is 36.4 Å². The van der Waals surface area contributed by atoms with Gasteiger partial charge >= 0.3 is 5.97 Å². The number of hydrogen-bond acceptors (Lipinski definition) is 2. The monoisotopic (exact) mass is 254 g/mol. The summed E-state index contributed by atoms with van der Waals surface area (Å²) in [6.07, 6.45) is 0.